The number of hydrogen-bond acceptors (Lipinski definition) is 9. The van der Waals surface area contributed by atoms with Gasteiger partial charge in [0.1, 0.15) is 5.52 Å². The monoisotopic (exact) mass is 664 g/mol. The number of aromatic nitrogens is 3. The van der Waals surface area contributed by atoms with Crippen molar-refractivity contribution in [1.29, 1.82) is 0 Å². The van der Waals surface area contributed by atoms with Crippen LogP contribution in [-0.2, 0) is 35.3 Å². The van der Waals surface area contributed by atoms with E-state index in [4.69, 9.17) is 13.7 Å². The van der Waals surface area contributed by atoms with E-state index in [0.29, 0.717) is 19.8 Å². The van der Waals surface area contributed by atoms with Crippen LogP contribution in [0.25, 0.3) is 11.0 Å². The quantitative estimate of drug-likeness (QED) is 0.153. The first kappa shape index (κ1) is 31.9. The summed E-state index contributed by atoms with van der Waals surface area (Å²) < 4.78 is 44.0. The largest absolute Gasteiger partial charge is 0.480 e. The summed E-state index contributed by atoms with van der Waals surface area (Å²) in [6, 6.07) is 9.20. The molecule has 1 aliphatic rings. The van der Waals surface area contributed by atoms with E-state index in [1.165, 1.54) is 10.4 Å². The second-order valence-electron chi connectivity index (χ2n) is 10.1. The Labute approximate surface area is 254 Å². The van der Waals surface area contributed by atoms with Crippen molar-refractivity contribution in [2.75, 3.05) is 31.7 Å². The van der Waals surface area contributed by atoms with E-state index in [1.807, 2.05) is 48.9 Å². The van der Waals surface area contributed by atoms with Crippen molar-refractivity contribution >= 4 is 43.2 Å². The summed E-state index contributed by atoms with van der Waals surface area (Å²) in [7, 11) is -4.18. The summed E-state index contributed by atoms with van der Waals surface area (Å²) in [6.07, 6.45) is 2.20. The number of ether oxygens (including phenoxy) is 2. The number of aliphatic hydroxyl groups is 1. The molecule has 0 radical (unpaired) electrons. The van der Waals surface area contributed by atoms with E-state index in [2.05, 4.69) is 26.2 Å². The van der Waals surface area contributed by atoms with Crippen molar-refractivity contribution in [2.45, 2.75) is 59.0 Å². The average Bonchev–Trinajstić information content (AvgIpc) is 3.35. The highest BCUT2D eigenvalue weighted by molar-refractivity contribution is 9.09. The number of fused-ring (bicyclic) bond motifs is 1. The lowest BCUT2D eigenvalue weighted by atomic mass is 9.83. The number of halogens is 1. The number of carbonyl (C=O) groups is 1. The van der Waals surface area contributed by atoms with E-state index in [9.17, 15) is 18.3 Å². The van der Waals surface area contributed by atoms with Crippen molar-refractivity contribution in [3.05, 3.63) is 70.2 Å². The van der Waals surface area contributed by atoms with Gasteiger partial charge in [-0.1, -0.05) is 45.4 Å². The standard InChI is InChI=1S/C29H37BrN4O7S/c1-5-40-28(36)18-25(23-9-10-26-29(20(23)3)31-32-33(26)13-6-15-39-16-12-30)22-8-7-19(2)24(17-22)21(4)34-14-11-27(35)41-42(34,37)38/h7-11,17,21,25,35H,5-6,12-16,18H2,1-4H3/t21-,25?/m1/s1. The SMILES string of the molecule is CCOC(=O)CC(c1ccc(C)c([C@@H](C)N2CC=C(O)OS2(=O)=O)c1)c1ccc2c(nnn2CCCOCCBr)c1C. The smallest absolute Gasteiger partial charge is 0.388 e. The molecule has 0 saturated heterocycles. The topological polar surface area (TPSA) is 133 Å². The van der Waals surface area contributed by atoms with Gasteiger partial charge in [0.25, 0.3) is 5.95 Å². The number of nitrogens with zero attached hydrogens (tertiary/aromatic N) is 4. The Morgan fingerprint density at radius 2 is 1.98 bits per heavy atom. The van der Waals surface area contributed by atoms with Gasteiger partial charge in [-0.2, -0.15) is 12.7 Å². The van der Waals surface area contributed by atoms with Crippen LogP contribution in [0.3, 0.4) is 0 Å². The Morgan fingerprint density at radius 3 is 2.69 bits per heavy atom. The van der Waals surface area contributed by atoms with Gasteiger partial charge in [-0.25, -0.2) is 4.68 Å². The Bertz CT molecular complexity index is 1560. The molecule has 3 aromatic rings. The first-order valence-electron chi connectivity index (χ1n) is 13.9. The van der Waals surface area contributed by atoms with E-state index in [-0.39, 0.29) is 31.5 Å². The highest BCUT2D eigenvalue weighted by Gasteiger charge is 2.34. The molecule has 0 saturated carbocycles. The van der Waals surface area contributed by atoms with Crippen molar-refractivity contribution in [1.82, 2.24) is 19.3 Å². The maximum Gasteiger partial charge on any atom is 0.388 e. The summed E-state index contributed by atoms with van der Waals surface area (Å²) in [6.45, 7) is 9.60. The summed E-state index contributed by atoms with van der Waals surface area (Å²) in [4.78, 5) is 12.8. The van der Waals surface area contributed by atoms with Gasteiger partial charge >= 0.3 is 16.3 Å². The second-order valence-corrected chi connectivity index (χ2v) is 12.4. The van der Waals surface area contributed by atoms with Gasteiger partial charge in [-0.15, -0.1) is 5.10 Å². The van der Waals surface area contributed by atoms with Crippen LogP contribution in [0.1, 0.15) is 66.5 Å². The van der Waals surface area contributed by atoms with Crippen LogP contribution in [0, 0.1) is 13.8 Å². The minimum Gasteiger partial charge on any atom is -0.480 e. The summed E-state index contributed by atoms with van der Waals surface area (Å²) in [5.41, 5.74) is 5.95. The van der Waals surface area contributed by atoms with Crippen LogP contribution in [0.15, 0.2) is 42.4 Å². The number of benzene rings is 2. The number of esters is 1. The van der Waals surface area contributed by atoms with Gasteiger partial charge in [0.15, 0.2) is 0 Å². The molecule has 0 spiro atoms. The maximum atomic E-state index is 12.8. The molecule has 0 fully saturated rings. The number of alkyl halides is 1. The molecule has 0 aliphatic carbocycles. The lowest BCUT2D eigenvalue weighted by Gasteiger charge is -2.30. The zero-order valence-electron chi connectivity index (χ0n) is 24.2. The molecular formula is C29H37BrN4O7S. The molecule has 1 aliphatic heterocycles. The van der Waals surface area contributed by atoms with E-state index in [1.54, 1.807) is 13.8 Å². The Morgan fingerprint density at radius 1 is 1.19 bits per heavy atom. The van der Waals surface area contributed by atoms with Crippen LogP contribution < -0.4 is 0 Å². The highest BCUT2D eigenvalue weighted by Crippen LogP contribution is 2.37. The predicted molar refractivity (Wildman–Crippen MR) is 162 cm³/mol. The molecule has 1 unspecified atom stereocenters. The first-order valence-corrected chi connectivity index (χ1v) is 16.4. The maximum absolute atomic E-state index is 12.8. The predicted octanol–water partition coefficient (Wildman–Crippen LogP) is 4.97. The number of aryl methyl sites for hydroxylation is 3. The van der Waals surface area contributed by atoms with Gasteiger partial charge in [0.05, 0.1) is 31.2 Å². The highest BCUT2D eigenvalue weighted by atomic mass is 79.9. The molecule has 0 bridgehead atoms. The lowest BCUT2D eigenvalue weighted by Crippen LogP contribution is -2.38. The zero-order valence-corrected chi connectivity index (χ0v) is 26.6. The molecular weight excluding hydrogens is 628 g/mol. The van der Waals surface area contributed by atoms with Crippen LogP contribution in [0.4, 0.5) is 0 Å². The Hall–Kier alpha value is -3.00. The molecule has 2 heterocycles. The molecule has 1 aromatic heterocycles. The van der Waals surface area contributed by atoms with Gasteiger partial charge in [-0.05, 0) is 68.0 Å². The number of carbonyl (C=O) groups excluding carboxylic acids is 1. The van der Waals surface area contributed by atoms with Gasteiger partial charge < -0.3 is 18.8 Å². The molecule has 228 valence electrons. The number of aliphatic hydroxyl groups excluding tert-OH is 1. The molecule has 2 aromatic carbocycles. The third-order valence-corrected chi connectivity index (χ3v) is 9.17. The van der Waals surface area contributed by atoms with Gasteiger partial charge in [0.2, 0.25) is 0 Å². The molecule has 4 rings (SSSR count). The second kappa shape index (κ2) is 14.0. The van der Waals surface area contributed by atoms with E-state index in [0.717, 1.165) is 50.6 Å². The van der Waals surface area contributed by atoms with Crippen LogP contribution in [-0.4, -0.2) is 70.5 Å². The Kier molecular flexibility index (Phi) is 10.6. The fourth-order valence-corrected chi connectivity index (χ4v) is 6.64. The van der Waals surface area contributed by atoms with Gasteiger partial charge in [0, 0.05) is 37.0 Å². The Balaban J connectivity index is 1.70. The fourth-order valence-electron chi connectivity index (χ4n) is 5.27. The third-order valence-electron chi connectivity index (χ3n) is 7.43. The third kappa shape index (κ3) is 7.13. The fraction of sp³-hybridized carbons (Fsp3) is 0.483. The molecule has 13 heteroatoms. The molecule has 42 heavy (non-hydrogen) atoms. The van der Waals surface area contributed by atoms with Crippen LogP contribution in [0.2, 0.25) is 0 Å². The van der Waals surface area contributed by atoms with Crippen LogP contribution >= 0.6 is 15.9 Å². The average molecular weight is 666 g/mol. The summed E-state index contributed by atoms with van der Waals surface area (Å²) in [5, 5.41) is 19.2. The molecule has 1 N–H and O–H groups in total. The normalized spacial score (nSPS) is 16.5. The zero-order chi connectivity index (χ0) is 30.4. The minimum atomic E-state index is -4.18. The summed E-state index contributed by atoms with van der Waals surface area (Å²) >= 11 is 3.36. The minimum absolute atomic E-state index is 0.0284. The van der Waals surface area contributed by atoms with Crippen molar-refractivity contribution in [3.8, 4) is 0 Å². The van der Waals surface area contributed by atoms with E-state index >= 15 is 0 Å². The number of rotatable bonds is 13. The molecule has 0 amide bonds. The van der Waals surface area contributed by atoms with Gasteiger partial charge in [-0.3, -0.25) is 4.79 Å². The van der Waals surface area contributed by atoms with Crippen molar-refractivity contribution in [3.63, 3.8) is 0 Å². The van der Waals surface area contributed by atoms with Crippen LogP contribution in [0.5, 0.6) is 0 Å². The van der Waals surface area contributed by atoms with Crippen molar-refractivity contribution < 1.29 is 32.0 Å². The molecule has 11 nitrogen and oxygen atoms in total. The molecule has 2 atom stereocenters. The van der Waals surface area contributed by atoms with E-state index < -0.39 is 22.3 Å². The number of hydrogen-bond donors (Lipinski definition) is 1. The van der Waals surface area contributed by atoms with Crippen molar-refractivity contribution in [2.24, 2.45) is 0 Å². The first-order chi connectivity index (χ1) is 20.1. The summed E-state index contributed by atoms with van der Waals surface area (Å²) in [5.74, 6) is -1.35. The lowest BCUT2D eigenvalue weighted by molar-refractivity contribution is -0.143.